The highest BCUT2D eigenvalue weighted by atomic mass is 16.5. The van der Waals surface area contributed by atoms with E-state index in [0.717, 1.165) is 25.1 Å². The van der Waals surface area contributed by atoms with E-state index in [-0.39, 0.29) is 6.04 Å². The smallest absolute Gasteiger partial charge is 0.237 e. The summed E-state index contributed by atoms with van der Waals surface area (Å²) in [6.07, 6.45) is 5.37. The van der Waals surface area contributed by atoms with E-state index in [0.29, 0.717) is 18.4 Å². The van der Waals surface area contributed by atoms with Gasteiger partial charge in [0.2, 0.25) is 5.88 Å². The number of nitrogens with zero attached hydrogens (tertiary/aromatic N) is 2. The molecule has 2 rings (SSSR count). The molecule has 0 spiro atoms. The van der Waals surface area contributed by atoms with Gasteiger partial charge in [-0.2, -0.15) is 0 Å². The van der Waals surface area contributed by atoms with Crippen LogP contribution in [0.15, 0.2) is 12.4 Å². The number of hydrogen-bond donors (Lipinski definition) is 1. The van der Waals surface area contributed by atoms with E-state index < -0.39 is 0 Å². The standard InChI is InChI=1S/C11H17N3O2/c1-15-11-10(13-4-5-14-11)9(12)8-3-2-6-16-7-8/h4-5,8-9H,2-3,6-7,12H2,1H3. The molecule has 1 saturated heterocycles. The average Bonchev–Trinajstić information content (AvgIpc) is 2.39. The van der Waals surface area contributed by atoms with Crippen LogP contribution in [0.25, 0.3) is 0 Å². The lowest BCUT2D eigenvalue weighted by atomic mass is 9.92. The Morgan fingerprint density at radius 3 is 3.00 bits per heavy atom. The number of ether oxygens (including phenoxy) is 2. The Balaban J connectivity index is 2.15. The normalized spacial score (nSPS) is 22.8. The maximum atomic E-state index is 6.18. The second-order valence-electron chi connectivity index (χ2n) is 3.95. The molecule has 0 saturated carbocycles. The molecule has 1 aliphatic rings. The summed E-state index contributed by atoms with van der Waals surface area (Å²) in [7, 11) is 1.58. The minimum atomic E-state index is -0.163. The van der Waals surface area contributed by atoms with Crippen LogP contribution in [-0.2, 0) is 4.74 Å². The van der Waals surface area contributed by atoms with Gasteiger partial charge in [0, 0.05) is 24.9 Å². The largest absolute Gasteiger partial charge is 0.480 e. The van der Waals surface area contributed by atoms with Gasteiger partial charge in [0.1, 0.15) is 5.69 Å². The molecule has 0 aliphatic carbocycles. The van der Waals surface area contributed by atoms with E-state index in [9.17, 15) is 0 Å². The Morgan fingerprint density at radius 1 is 1.50 bits per heavy atom. The minimum absolute atomic E-state index is 0.163. The number of aromatic nitrogens is 2. The molecule has 1 aliphatic heterocycles. The molecule has 1 aromatic rings. The Kier molecular flexibility index (Phi) is 3.69. The number of nitrogens with two attached hydrogens (primary N) is 1. The van der Waals surface area contributed by atoms with Gasteiger partial charge in [-0.15, -0.1) is 0 Å². The summed E-state index contributed by atoms with van der Waals surface area (Å²) >= 11 is 0. The summed E-state index contributed by atoms with van der Waals surface area (Å²) in [5, 5.41) is 0. The molecule has 5 heteroatoms. The van der Waals surface area contributed by atoms with Crippen molar-refractivity contribution < 1.29 is 9.47 Å². The summed E-state index contributed by atoms with van der Waals surface area (Å²) in [4.78, 5) is 8.36. The Labute approximate surface area is 95.0 Å². The van der Waals surface area contributed by atoms with E-state index in [2.05, 4.69) is 9.97 Å². The van der Waals surface area contributed by atoms with Crippen molar-refractivity contribution in [3.63, 3.8) is 0 Å². The molecule has 2 heterocycles. The fourth-order valence-electron chi connectivity index (χ4n) is 1.99. The lowest BCUT2D eigenvalue weighted by Crippen LogP contribution is -2.30. The van der Waals surface area contributed by atoms with Crippen LogP contribution in [-0.4, -0.2) is 30.3 Å². The first-order chi connectivity index (χ1) is 7.83. The summed E-state index contributed by atoms with van der Waals surface area (Å²) < 4.78 is 10.6. The van der Waals surface area contributed by atoms with Gasteiger partial charge < -0.3 is 15.2 Å². The molecular weight excluding hydrogens is 206 g/mol. The zero-order chi connectivity index (χ0) is 11.4. The van der Waals surface area contributed by atoms with E-state index in [1.807, 2.05) is 0 Å². The zero-order valence-corrected chi connectivity index (χ0v) is 9.43. The molecule has 1 fully saturated rings. The third-order valence-corrected chi connectivity index (χ3v) is 2.90. The second kappa shape index (κ2) is 5.23. The predicted molar refractivity (Wildman–Crippen MR) is 59.1 cm³/mol. The van der Waals surface area contributed by atoms with E-state index in [1.165, 1.54) is 0 Å². The lowest BCUT2D eigenvalue weighted by Gasteiger charge is -2.27. The molecule has 2 unspecified atom stereocenters. The highest BCUT2D eigenvalue weighted by Crippen LogP contribution is 2.29. The van der Waals surface area contributed by atoms with Crippen molar-refractivity contribution in [1.29, 1.82) is 0 Å². The Morgan fingerprint density at radius 2 is 2.31 bits per heavy atom. The van der Waals surface area contributed by atoms with Crippen LogP contribution < -0.4 is 10.5 Å². The van der Waals surface area contributed by atoms with Crippen molar-refractivity contribution in [3.05, 3.63) is 18.1 Å². The first-order valence-corrected chi connectivity index (χ1v) is 5.51. The fourth-order valence-corrected chi connectivity index (χ4v) is 1.99. The first-order valence-electron chi connectivity index (χ1n) is 5.51. The Hall–Kier alpha value is -1.20. The SMILES string of the molecule is COc1nccnc1C(N)C1CCCOC1. The van der Waals surface area contributed by atoms with Gasteiger partial charge in [-0.3, -0.25) is 4.98 Å². The molecule has 0 aromatic carbocycles. The molecule has 16 heavy (non-hydrogen) atoms. The van der Waals surface area contributed by atoms with Crippen molar-refractivity contribution in [3.8, 4) is 5.88 Å². The van der Waals surface area contributed by atoms with Gasteiger partial charge in [-0.05, 0) is 12.8 Å². The van der Waals surface area contributed by atoms with Gasteiger partial charge in [0.15, 0.2) is 0 Å². The van der Waals surface area contributed by atoms with Crippen LogP contribution in [0, 0.1) is 5.92 Å². The molecule has 1 aromatic heterocycles. The number of hydrogen-bond acceptors (Lipinski definition) is 5. The zero-order valence-electron chi connectivity index (χ0n) is 9.43. The molecule has 2 N–H and O–H groups in total. The molecule has 2 atom stereocenters. The van der Waals surface area contributed by atoms with Crippen LogP contribution >= 0.6 is 0 Å². The maximum absolute atomic E-state index is 6.18. The quantitative estimate of drug-likeness (QED) is 0.824. The Bertz CT molecular complexity index is 340. The second-order valence-corrected chi connectivity index (χ2v) is 3.95. The first kappa shape index (κ1) is 11.3. The van der Waals surface area contributed by atoms with Crippen LogP contribution in [0.5, 0.6) is 5.88 Å². The third kappa shape index (κ3) is 2.31. The van der Waals surface area contributed by atoms with Crippen LogP contribution in [0.3, 0.4) is 0 Å². The van der Waals surface area contributed by atoms with Crippen LogP contribution in [0.2, 0.25) is 0 Å². The highest BCUT2D eigenvalue weighted by molar-refractivity contribution is 5.21. The molecule has 0 radical (unpaired) electrons. The van der Waals surface area contributed by atoms with Crippen molar-refractivity contribution in [2.75, 3.05) is 20.3 Å². The van der Waals surface area contributed by atoms with Gasteiger partial charge in [0.05, 0.1) is 19.8 Å². The van der Waals surface area contributed by atoms with E-state index >= 15 is 0 Å². The maximum Gasteiger partial charge on any atom is 0.237 e. The molecule has 0 amide bonds. The third-order valence-electron chi connectivity index (χ3n) is 2.90. The molecule has 88 valence electrons. The van der Waals surface area contributed by atoms with Crippen molar-refractivity contribution in [2.24, 2.45) is 11.7 Å². The van der Waals surface area contributed by atoms with E-state index in [1.54, 1.807) is 19.5 Å². The fraction of sp³-hybridized carbons (Fsp3) is 0.636. The predicted octanol–water partition coefficient (Wildman–Crippen LogP) is 0.912. The van der Waals surface area contributed by atoms with Crippen LogP contribution in [0.1, 0.15) is 24.6 Å². The van der Waals surface area contributed by atoms with Gasteiger partial charge in [-0.25, -0.2) is 4.98 Å². The van der Waals surface area contributed by atoms with Crippen LogP contribution in [0.4, 0.5) is 0 Å². The summed E-state index contributed by atoms with van der Waals surface area (Å²) in [5.74, 6) is 0.819. The summed E-state index contributed by atoms with van der Waals surface area (Å²) in [6.45, 7) is 1.53. The monoisotopic (exact) mass is 223 g/mol. The lowest BCUT2D eigenvalue weighted by molar-refractivity contribution is 0.0438. The van der Waals surface area contributed by atoms with Crippen molar-refractivity contribution in [2.45, 2.75) is 18.9 Å². The van der Waals surface area contributed by atoms with E-state index in [4.69, 9.17) is 15.2 Å². The minimum Gasteiger partial charge on any atom is -0.480 e. The topological polar surface area (TPSA) is 70.3 Å². The number of rotatable bonds is 3. The molecular formula is C11H17N3O2. The highest BCUT2D eigenvalue weighted by Gasteiger charge is 2.26. The summed E-state index contributed by atoms with van der Waals surface area (Å²) in [5.41, 5.74) is 6.91. The average molecular weight is 223 g/mol. The molecule has 0 bridgehead atoms. The van der Waals surface area contributed by atoms with Gasteiger partial charge >= 0.3 is 0 Å². The van der Waals surface area contributed by atoms with Gasteiger partial charge in [0.25, 0.3) is 0 Å². The summed E-state index contributed by atoms with van der Waals surface area (Å²) in [6, 6.07) is -0.163. The molecule has 5 nitrogen and oxygen atoms in total. The van der Waals surface area contributed by atoms with Crippen molar-refractivity contribution in [1.82, 2.24) is 9.97 Å². The number of methoxy groups -OCH3 is 1. The van der Waals surface area contributed by atoms with Gasteiger partial charge in [-0.1, -0.05) is 0 Å². The van der Waals surface area contributed by atoms with Crippen molar-refractivity contribution >= 4 is 0 Å².